The van der Waals surface area contributed by atoms with Crippen molar-refractivity contribution in [1.82, 2.24) is 0 Å². The minimum Gasteiger partial charge on any atom is -0.462 e. The van der Waals surface area contributed by atoms with Crippen molar-refractivity contribution in [2.24, 2.45) is 0 Å². The zero-order valence-corrected chi connectivity index (χ0v) is 20.3. The van der Waals surface area contributed by atoms with Gasteiger partial charge in [0.15, 0.2) is 0 Å². The van der Waals surface area contributed by atoms with Gasteiger partial charge in [-0.15, -0.1) is 0 Å². The van der Waals surface area contributed by atoms with Crippen molar-refractivity contribution in [3.05, 3.63) is 53.3 Å². The van der Waals surface area contributed by atoms with Crippen LogP contribution in [0.2, 0.25) is 0 Å². The van der Waals surface area contributed by atoms with Gasteiger partial charge in [0.1, 0.15) is 32.6 Å². The zero-order valence-electron chi connectivity index (χ0n) is 18.6. The molecule has 34 heavy (non-hydrogen) atoms. The van der Waals surface area contributed by atoms with E-state index in [4.69, 9.17) is 9.15 Å². The van der Waals surface area contributed by atoms with Gasteiger partial charge in [-0.05, 0) is 49.4 Å². The highest BCUT2D eigenvalue weighted by molar-refractivity contribution is 7.95. The Balaban J connectivity index is 1.85. The molecule has 0 saturated heterocycles. The van der Waals surface area contributed by atoms with Crippen LogP contribution in [-0.4, -0.2) is 47.2 Å². The Morgan fingerprint density at radius 2 is 1.88 bits per heavy atom. The summed E-state index contributed by atoms with van der Waals surface area (Å²) in [4.78, 5) is 12.8. The molecule has 1 fully saturated rings. The van der Waals surface area contributed by atoms with Crippen molar-refractivity contribution < 1.29 is 35.2 Å². The lowest BCUT2D eigenvalue weighted by molar-refractivity contribution is 0.0528. The molecule has 2 aromatic carbocycles. The Hall–Kier alpha value is -2.92. The van der Waals surface area contributed by atoms with E-state index in [1.54, 1.807) is 19.1 Å². The minimum absolute atomic E-state index is 0.0829. The van der Waals surface area contributed by atoms with Crippen molar-refractivity contribution in [3.8, 4) is 11.3 Å². The highest BCUT2D eigenvalue weighted by Gasteiger charge is 2.31. The second-order valence-corrected chi connectivity index (χ2v) is 12.4. The van der Waals surface area contributed by atoms with Crippen LogP contribution in [-0.2, 0) is 24.6 Å². The van der Waals surface area contributed by atoms with E-state index < -0.39 is 43.2 Å². The zero-order chi connectivity index (χ0) is 24.7. The smallest absolute Gasteiger partial charge is 0.342 e. The second kappa shape index (κ2) is 9.03. The van der Waals surface area contributed by atoms with Crippen LogP contribution in [0.1, 0.15) is 41.6 Å². The SMILES string of the molecule is CCOC(=O)c1c(-c2cccc(F)c2)oc2cc(NS(=O)(=O)CCS(C)(=O)=O)c(C3CC3)cc12. The summed E-state index contributed by atoms with van der Waals surface area (Å²) < 4.78 is 75.5. The third-order valence-corrected chi connectivity index (χ3v) is 7.91. The van der Waals surface area contributed by atoms with Crippen LogP contribution in [0.3, 0.4) is 0 Å². The molecule has 1 aromatic heterocycles. The predicted molar refractivity (Wildman–Crippen MR) is 127 cm³/mol. The van der Waals surface area contributed by atoms with Crippen LogP contribution in [0.25, 0.3) is 22.3 Å². The Kier molecular flexibility index (Phi) is 6.43. The molecule has 11 heteroatoms. The molecular weight excluding hydrogens is 485 g/mol. The number of hydrogen-bond acceptors (Lipinski definition) is 7. The maximum absolute atomic E-state index is 13.9. The van der Waals surface area contributed by atoms with E-state index in [2.05, 4.69) is 4.72 Å². The molecule has 4 rings (SSSR count). The number of fused-ring (bicyclic) bond motifs is 1. The largest absolute Gasteiger partial charge is 0.462 e. The van der Waals surface area contributed by atoms with E-state index in [1.807, 2.05) is 0 Å². The van der Waals surface area contributed by atoms with E-state index >= 15 is 0 Å². The summed E-state index contributed by atoms with van der Waals surface area (Å²) in [6.07, 6.45) is 2.65. The van der Waals surface area contributed by atoms with Crippen LogP contribution in [0.5, 0.6) is 0 Å². The molecule has 0 radical (unpaired) electrons. The quantitative estimate of drug-likeness (QED) is 0.432. The number of halogens is 1. The summed E-state index contributed by atoms with van der Waals surface area (Å²) >= 11 is 0. The Labute approximate surface area is 197 Å². The van der Waals surface area contributed by atoms with Crippen molar-refractivity contribution in [3.63, 3.8) is 0 Å². The average Bonchev–Trinajstić information content (AvgIpc) is 3.52. The lowest BCUT2D eigenvalue weighted by Crippen LogP contribution is -2.23. The predicted octanol–water partition coefficient (Wildman–Crippen LogP) is 4.08. The van der Waals surface area contributed by atoms with Gasteiger partial charge in [-0.25, -0.2) is 26.0 Å². The number of sulfone groups is 1. The molecule has 1 heterocycles. The molecule has 1 N–H and O–H groups in total. The Bertz CT molecular complexity index is 1470. The molecule has 1 saturated carbocycles. The van der Waals surface area contributed by atoms with Crippen molar-refractivity contribution in [2.45, 2.75) is 25.7 Å². The molecular formula is C23H24FNO7S2. The molecule has 182 valence electrons. The van der Waals surface area contributed by atoms with Crippen LogP contribution < -0.4 is 4.72 Å². The number of sulfonamides is 1. The lowest BCUT2D eigenvalue weighted by Gasteiger charge is -2.12. The first-order chi connectivity index (χ1) is 16.0. The minimum atomic E-state index is -3.96. The molecule has 0 bridgehead atoms. The number of ether oxygens (including phenoxy) is 1. The number of rotatable bonds is 9. The first-order valence-electron chi connectivity index (χ1n) is 10.7. The summed E-state index contributed by atoms with van der Waals surface area (Å²) in [5.41, 5.74) is 1.62. The second-order valence-electron chi connectivity index (χ2n) is 8.30. The van der Waals surface area contributed by atoms with E-state index in [0.717, 1.165) is 19.1 Å². The number of nitrogens with one attached hydrogen (secondary N) is 1. The number of benzene rings is 2. The molecule has 8 nitrogen and oxygen atoms in total. The fraction of sp³-hybridized carbons (Fsp3) is 0.348. The molecule has 1 aliphatic carbocycles. The summed E-state index contributed by atoms with van der Waals surface area (Å²) in [6.45, 7) is 1.79. The molecule has 0 spiro atoms. The van der Waals surface area contributed by atoms with Gasteiger partial charge < -0.3 is 9.15 Å². The topological polar surface area (TPSA) is 120 Å². The highest BCUT2D eigenvalue weighted by Crippen LogP contribution is 2.47. The van der Waals surface area contributed by atoms with Crippen molar-refractivity contribution >= 4 is 42.5 Å². The van der Waals surface area contributed by atoms with E-state index in [-0.39, 0.29) is 35.1 Å². The molecule has 0 unspecified atom stereocenters. The van der Waals surface area contributed by atoms with E-state index in [9.17, 15) is 26.0 Å². The molecule has 1 aliphatic rings. The summed E-state index contributed by atoms with van der Waals surface area (Å²) in [5, 5.41) is 0.429. The summed E-state index contributed by atoms with van der Waals surface area (Å²) in [7, 11) is -7.43. The number of carbonyl (C=O) groups excluding carboxylic acids is 1. The molecule has 0 amide bonds. The monoisotopic (exact) mass is 509 g/mol. The normalized spacial score (nSPS) is 14.3. The Morgan fingerprint density at radius 3 is 2.50 bits per heavy atom. The van der Waals surface area contributed by atoms with Crippen LogP contribution >= 0.6 is 0 Å². The van der Waals surface area contributed by atoms with Gasteiger partial charge >= 0.3 is 5.97 Å². The van der Waals surface area contributed by atoms with Gasteiger partial charge in [0.2, 0.25) is 10.0 Å². The Morgan fingerprint density at radius 1 is 1.15 bits per heavy atom. The lowest BCUT2D eigenvalue weighted by atomic mass is 10.0. The number of anilines is 1. The fourth-order valence-electron chi connectivity index (χ4n) is 3.70. The molecule has 0 atom stereocenters. The number of carbonyl (C=O) groups is 1. The maximum Gasteiger partial charge on any atom is 0.342 e. The van der Waals surface area contributed by atoms with E-state index in [0.29, 0.717) is 16.5 Å². The molecule has 0 aliphatic heterocycles. The van der Waals surface area contributed by atoms with Crippen molar-refractivity contribution in [1.29, 1.82) is 0 Å². The third-order valence-electron chi connectivity index (χ3n) is 5.43. The fourth-order valence-corrected chi connectivity index (χ4v) is 6.40. The average molecular weight is 510 g/mol. The number of esters is 1. The van der Waals surface area contributed by atoms with Gasteiger partial charge in [0, 0.05) is 23.3 Å². The van der Waals surface area contributed by atoms with Gasteiger partial charge in [-0.2, -0.15) is 0 Å². The van der Waals surface area contributed by atoms with Crippen LogP contribution in [0, 0.1) is 5.82 Å². The van der Waals surface area contributed by atoms with Crippen LogP contribution in [0.4, 0.5) is 10.1 Å². The standard InChI is InChI=1S/C23H24FNO7S2/c1-3-31-23(26)21-18-12-17(14-7-8-14)19(25-34(29,30)10-9-33(2,27)28)13-20(18)32-22(21)15-5-4-6-16(24)11-15/h4-6,11-14,25H,3,7-10H2,1-2H3. The molecule has 3 aromatic rings. The van der Waals surface area contributed by atoms with E-state index in [1.165, 1.54) is 24.3 Å². The summed E-state index contributed by atoms with van der Waals surface area (Å²) in [6, 6.07) is 8.76. The number of furan rings is 1. The number of hydrogen-bond donors (Lipinski definition) is 1. The first kappa shape index (κ1) is 24.2. The van der Waals surface area contributed by atoms with Gasteiger partial charge in [0.25, 0.3) is 0 Å². The van der Waals surface area contributed by atoms with Gasteiger partial charge in [-0.3, -0.25) is 4.72 Å². The highest BCUT2D eigenvalue weighted by atomic mass is 32.2. The van der Waals surface area contributed by atoms with Gasteiger partial charge in [-0.1, -0.05) is 12.1 Å². The van der Waals surface area contributed by atoms with Crippen LogP contribution in [0.15, 0.2) is 40.8 Å². The first-order valence-corrected chi connectivity index (χ1v) is 14.4. The summed E-state index contributed by atoms with van der Waals surface area (Å²) in [5.74, 6) is -2.05. The third kappa shape index (κ3) is 5.41. The van der Waals surface area contributed by atoms with Crippen molar-refractivity contribution in [2.75, 3.05) is 29.1 Å². The van der Waals surface area contributed by atoms with Gasteiger partial charge in [0.05, 0.1) is 23.8 Å². The maximum atomic E-state index is 13.9.